The van der Waals surface area contributed by atoms with Crippen LogP contribution in [-0.4, -0.2) is 27.0 Å². The molecule has 0 aliphatic rings. The molecule has 0 aliphatic heterocycles. The largest absolute Gasteiger partial charge is 0.480 e. The second kappa shape index (κ2) is 4.46. The quantitative estimate of drug-likeness (QED) is 0.551. The summed E-state index contributed by atoms with van der Waals surface area (Å²) in [7, 11) is 0. The molecule has 4 N–H and O–H groups in total. The summed E-state index contributed by atoms with van der Waals surface area (Å²) in [6.07, 6.45) is 1.68. The molecule has 1 heterocycles. The van der Waals surface area contributed by atoms with Crippen molar-refractivity contribution in [3.63, 3.8) is 0 Å². The number of nitro benzene ring substituents is 1. The van der Waals surface area contributed by atoms with E-state index in [0.717, 1.165) is 0 Å². The second-order valence-electron chi connectivity index (χ2n) is 3.92. The van der Waals surface area contributed by atoms with E-state index in [4.69, 9.17) is 10.8 Å². The lowest BCUT2D eigenvalue weighted by atomic mass is 10.1. The zero-order chi connectivity index (χ0) is 13.3. The van der Waals surface area contributed by atoms with Crippen LogP contribution in [0.5, 0.6) is 0 Å². The van der Waals surface area contributed by atoms with Gasteiger partial charge < -0.3 is 15.8 Å². The average molecular weight is 249 g/mol. The minimum Gasteiger partial charge on any atom is -0.480 e. The van der Waals surface area contributed by atoms with Crippen LogP contribution in [0, 0.1) is 10.1 Å². The van der Waals surface area contributed by atoms with E-state index in [9.17, 15) is 14.9 Å². The zero-order valence-corrected chi connectivity index (χ0v) is 9.29. The van der Waals surface area contributed by atoms with Crippen LogP contribution in [0.15, 0.2) is 24.4 Å². The number of H-pyrrole nitrogens is 1. The maximum atomic E-state index is 10.8. The number of carboxylic acids is 1. The van der Waals surface area contributed by atoms with Crippen molar-refractivity contribution in [2.75, 3.05) is 0 Å². The highest BCUT2D eigenvalue weighted by Crippen LogP contribution is 2.27. The number of non-ortho nitro benzene ring substituents is 1. The molecule has 0 bridgehead atoms. The van der Waals surface area contributed by atoms with Crippen molar-refractivity contribution in [3.8, 4) is 0 Å². The van der Waals surface area contributed by atoms with Gasteiger partial charge in [0.05, 0.1) is 4.92 Å². The van der Waals surface area contributed by atoms with Gasteiger partial charge in [-0.15, -0.1) is 0 Å². The highest BCUT2D eigenvalue weighted by molar-refractivity contribution is 5.91. The van der Waals surface area contributed by atoms with E-state index in [1.807, 2.05) is 0 Å². The Hall–Kier alpha value is -2.41. The number of benzene rings is 1. The van der Waals surface area contributed by atoms with Crippen LogP contribution in [0.4, 0.5) is 5.69 Å². The predicted molar refractivity (Wildman–Crippen MR) is 64.3 cm³/mol. The fourth-order valence-corrected chi connectivity index (χ4v) is 1.84. The summed E-state index contributed by atoms with van der Waals surface area (Å²) in [4.78, 5) is 23.8. The molecule has 2 rings (SSSR count). The van der Waals surface area contributed by atoms with E-state index in [1.165, 1.54) is 6.07 Å². The monoisotopic (exact) mass is 249 g/mol. The SMILES string of the molecule is N[C@@H](Cc1c[nH]c2c([N+](=O)[O-])cccc12)C(=O)O. The first-order chi connectivity index (χ1) is 8.50. The normalized spacial score (nSPS) is 12.5. The van der Waals surface area contributed by atoms with Gasteiger partial charge in [-0.2, -0.15) is 0 Å². The fourth-order valence-electron chi connectivity index (χ4n) is 1.84. The number of nitrogens with two attached hydrogens (primary N) is 1. The van der Waals surface area contributed by atoms with E-state index in [1.54, 1.807) is 18.3 Å². The van der Waals surface area contributed by atoms with Crippen molar-refractivity contribution >= 4 is 22.6 Å². The number of fused-ring (bicyclic) bond motifs is 1. The molecule has 7 nitrogen and oxygen atoms in total. The molecular weight excluding hydrogens is 238 g/mol. The van der Waals surface area contributed by atoms with Crippen LogP contribution in [0.2, 0.25) is 0 Å². The van der Waals surface area contributed by atoms with Gasteiger partial charge in [0.25, 0.3) is 5.69 Å². The molecule has 1 atom stereocenters. The summed E-state index contributed by atoms with van der Waals surface area (Å²) in [6.45, 7) is 0. The van der Waals surface area contributed by atoms with Crippen molar-refractivity contribution in [3.05, 3.63) is 40.1 Å². The van der Waals surface area contributed by atoms with Gasteiger partial charge in [-0.1, -0.05) is 12.1 Å². The van der Waals surface area contributed by atoms with Crippen LogP contribution < -0.4 is 5.73 Å². The highest BCUT2D eigenvalue weighted by atomic mass is 16.6. The molecule has 0 saturated carbocycles. The number of nitrogens with zero attached hydrogens (tertiary/aromatic N) is 1. The zero-order valence-electron chi connectivity index (χ0n) is 9.29. The number of nitrogens with one attached hydrogen (secondary N) is 1. The van der Waals surface area contributed by atoms with E-state index >= 15 is 0 Å². The van der Waals surface area contributed by atoms with Crippen LogP contribution >= 0.6 is 0 Å². The number of carboxylic acid groups (broad SMARTS) is 1. The minimum absolute atomic E-state index is 0.0392. The molecule has 7 heteroatoms. The summed E-state index contributed by atoms with van der Waals surface area (Å²) in [6, 6.07) is 3.62. The summed E-state index contributed by atoms with van der Waals surface area (Å²) in [5.41, 5.74) is 6.45. The third-order valence-corrected chi connectivity index (χ3v) is 2.73. The van der Waals surface area contributed by atoms with E-state index in [0.29, 0.717) is 16.5 Å². The van der Waals surface area contributed by atoms with Gasteiger partial charge in [0.15, 0.2) is 0 Å². The van der Waals surface area contributed by atoms with Gasteiger partial charge >= 0.3 is 5.97 Å². The van der Waals surface area contributed by atoms with Crippen molar-refractivity contribution in [1.82, 2.24) is 4.98 Å². The second-order valence-corrected chi connectivity index (χ2v) is 3.92. The van der Waals surface area contributed by atoms with Gasteiger partial charge in [0, 0.05) is 24.1 Å². The standard InChI is InChI=1S/C11H11N3O4/c12-8(11(15)16)4-6-5-13-10-7(6)2-1-3-9(10)14(17)18/h1-3,5,8,13H,4,12H2,(H,15,16)/t8-/m0/s1. The van der Waals surface area contributed by atoms with E-state index in [-0.39, 0.29) is 12.1 Å². The first-order valence-corrected chi connectivity index (χ1v) is 5.22. The van der Waals surface area contributed by atoms with Crippen LogP contribution in [0.1, 0.15) is 5.56 Å². The van der Waals surface area contributed by atoms with E-state index < -0.39 is 16.9 Å². The molecule has 1 aromatic heterocycles. The third kappa shape index (κ3) is 2.03. The smallest absolute Gasteiger partial charge is 0.320 e. The predicted octanol–water partition coefficient (Wildman–Crippen LogP) is 1.03. The summed E-state index contributed by atoms with van der Waals surface area (Å²) >= 11 is 0. The summed E-state index contributed by atoms with van der Waals surface area (Å²) in [5, 5.41) is 20.2. The molecule has 0 aliphatic carbocycles. The van der Waals surface area contributed by atoms with Crippen molar-refractivity contribution in [2.24, 2.45) is 5.73 Å². The first kappa shape index (κ1) is 12.1. The number of nitro groups is 1. The average Bonchev–Trinajstić information content (AvgIpc) is 2.72. The Bertz CT molecular complexity index is 620. The van der Waals surface area contributed by atoms with Gasteiger partial charge in [0.2, 0.25) is 0 Å². The van der Waals surface area contributed by atoms with Gasteiger partial charge in [0.1, 0.15) is 11.6 Å². The number of aliphatic carboxylic acids is 1. The van der Waals surface area contributed by atoms with Crippen molar-refractivity contribution < 1.29 is 14.8 Å². The topological polar surface area (TPSA) is 122 Å². The Morgan fingerprint density at radius 2 is 2.28 bits per heavy atom. The lowest BCUT2D eigenvalue weighted by molar-refractivity contribution is -0.383. The molecular formula is C11H11N3O4. The molecule has 0 amide bonds. The van der Waals surface area contributed by atoms with Crippen molar-refractivity contribution in [1.29, 1.82) is 0 Å². The van der Waals surface area contributed by atoms with E-state index in [2.05, 4.69) is 4.98 Å². The summed E-state index contributed by atoms with van der Waals surface area (Å²) in [5.74, 6) is -1.10. The maximum absolute atomic E-state index is 10.8. The lowest BCUT2D eigenvalue weighted by Gasteiger charge is -2.04. The Labute approximate surface area is 101 Å². The molecule has 0 radical (unpaired) electrons. The van der Waals surface area contributed by atoms with Gasteiger partial charge in [-0.25, -0.2) is 0 Å². The molecule has 0 saturated heterocycles. The Balaban J connectivity index is 2.46. The number of hydrogen-bond donors (Lipinski definition) is 3. The van der Waals surface area contributed by atoms with Crippen LogP contribution in [0.3, 0.4) is 0 Å². The number of aromatic nitrogens is 1. The molecule has 0 fully saturated rings. The molecule has 18 heavy (non-hydrogen) atoms. The highest BCUT2D eigenvalue weighted by Gasteiger charge is 2.18. The molecule has 0 spiro atoms. The lowest BCUT2D eigenvalue weighted by Crippen LogP contribution is -2.32. The molecule has 2 aromatic rings. The Kier molecular flexibility index (Phi) is 2.99. The Morgan fingerprint density at radius 1 is 1.56 bits per heavy atom. The van der Waals surface area contributed by atoms with Crippen LogP contribution in [-0.2, 0) is 11.2 Å². The maximum Gasteiger partial charge on any atom is 0.320 e. The molecule has 94 valence electrons. The third-order valence-electron chi connectivity index (χ3n) is 2.73. The number of para-hydroxylation sites is 1. The fraction of sp³-hybridized carbons (Fsp3) is 0.182. The number of rotatable bonds is 4. The van der Waals surface area contributed by atoms with Gasteiger partial charge in [-0.05, 0) is 5.56 Å². The summed E-state index contributed by atoms with van der Waals surface area (Å²) < 4.78 is 0. The molecule has 1 aromatic carbocycles. The van der Waals surface area contributed by atoms with Crippen LogP contribution in [0.25, 0.3) is 10.9 Å². The minimum atomic E-state index is -1.10. The number of carbonyl (C=O) groups is 1. The van der Waals surface area contributed by atoms with Crippen molar-refractivity contribution in [2.45, 2.75) is 12.5 Å². The number of hydrogen-bond acceptors (Lipinski definition) is 4. The first-order valence-electron chi connectivity index (χ1n) is 5.22. The Morgan fingerprint density at radius 3 is 2.89 bits per heavy atom. The molecule has 0 unspecified atom stereocenters. The number of aromatic amines is 1. The van der Waals surface area contributed by atoms with Gasteiger partial charge in [-0.3, -0.25) is 14.9 Å².